The number of rotatable bonds is 16. The van der Waals surface area contributed by atoms with E-state index in [1.54, 1.807) is 0 Å². The highest BCUT2D eigenvalue weighted by molar-refractivity contribution is 5.81. The number of amides is 1. The third-order valence-corrected chi connectivity index (χ3v) is 9.63. The second-order valence-corrected chi connectivity index (χ2v) is 13.1. The number of aromatic nitrogens is 2. The Kier molecular flexibility index (Phi) is 13.8. The average Bonchev–Trinajstić information content (AvgIpc) is 3.04. The van der Waals surface area contributed by atoms with Crippen LogP contribution in [0.25, 0.3) is 0 Å². The quantitative estimate of drug-likeness (QED) is 0.257. The first-order valence-electron chi connectivity index (χ1n) is 17.2. The number of ether oxygens (including phenoxy) is 2. The lowest BCUT2D eigenvalue weighted by Gasteiger charge is -2.43. The normalized spacial score (nSPS) is 22.5. The average molecular weight is 602 g/mol. The topological polar surface area (TPSA) is 104 Å². The summed E-state index contributed by atoms with van der Waals surface area (Å²) in [7, 11) is 0. The largest absolute Gasteiger partial charge is 0.381 e. The summed E-state index contributed by atoms with van der Waals surface area (Å²) in [5, 5.41) is 11.1. The molecule has 0 spiro atoms. The molecule has 2 saturated heterocycles. The number of carbonyl (C=O) groups excluding carboxylic acids is 1. The van der Waals surface area contributed by atoms with E-state index in [0.29, 0.717) is 37.6 Å². The van der Waals surface area contributed by atoms with Gasteiger partial charge in [0.2, 0.25) is 5.95 Å². The lowest BCUT2D eigenvalue weighted by Crippen LogP contribution is -2.60. The summed E-state index contributed by atoms with van der Waals surface area (Å²) in [6, 6.07) is 2.54. The van der Waals surface area contributed by atoms with Crippen LogP contribution in [0.2, 0.25) is 0 Å². The summed E-state index contributed by atoms with van der Waals surface area (Å²) in [6.07, 6.45) is 12.7. The molecule has 1 aromatic heterocycles. The van der Waals surface area contributed by atoms with Gasteiger partial charge in [0.25, 0.3) is 5.91 Å². The number of nitrogens with one attached hydrogen (secondary N) is 3. The molecule has 10 heteroatoms. The monoisotopic (exact) mass is 601 g/mol. The molecular formula is C33H59N7O3. The molecule has 4 rings (SSSR count). The Bertz CT molecular complexity index is 944. The van der Waals surface area contributed by atoms with Gasteiger partial charge in [0.15, 0.2) is 0 Å². The molecule has 10 nitrogen and oxygen atoms in total. The molecule has 2 aliphatic heterocycles. The van der Waals surface area contributed by atoms with Crippen LogP contribution >= 0.6 is 0 Å². The summed E-state index contributed by atoms with van der Waals surface area (Å²) in [5.74, 6) is 2.22. The zero-order chi connectivity index (χ0) is 30.5. The standard InChI is InChI=1S/C33H59N7O3/c1-5-18-39(19-6-2)30-12-16-35-32(37-30)36-26(3)33(4,38-28-10-8-7-9-11-28)15-20-40(25-27-13-21-42-22-14-27)31(41)29-24-34-17-23-43-29/h12,16,26-29,34,38H,5-11,13-15,17-25H2,1-4H3,(H,35,36,37)/t26?,29?,33-/m1/s1. The van der Waals surface area contributed by atoms with Crippen molar-refractivity contribution >= 4 is 17.7 Å². The van der Waals surface area contributed by atoms with Crippen LogP contribution in [0.1, 0.15) is 91.9 Å². The van der Waals surface area contributed by atoms with E-state index in [1.807, 2.05) is 12.3 Å². The molecule has 0 aromatic carbocycles. The maximum Gasteiger partial charge on any atom is 0.253 e. The summed E-state index contributed by atoms with van der Waals surface area (Å²) < 4.78 is 11.6. The minimum Gasteiger partial charge on any atom is -0.381 e. The van der Waals surface area contributed by atoms with E-state index in [2.05, 4.69) is 58.4 Å². The van der Waals surface area contributed by atoms with Gasteiger partial charge >= 0.3 is 0 Å². The third-order valence-electron chi connectivity index (χ3n) is 9.63. The van der Waals surface area contributed by atoms with Gasteiger partial charge in [0.05, 0.1) is 6.61 Å². The molecule has 1 aromatic rings. The van der Waals surface area contributed by atoms with Gasteiger partial charge in [-0.05, 0) is 70.8 Å². The lowest BCUT2D eigenvalue weighted by molar-refractivity contribution is -0.146. The number of hydrogen-bond donors (Lipinski definition) is 3. The molecule has 3 aliphatic rings. The third kappa shape index (κ3) is 10.3. The summed E-state index contributed by atoms with van der Waals surface area (Å²) in [6.45, 7) is 15.9. The van der Waals surface area contributed by atoms with E-state index in [1.165, 1.54) is 32.1 Å². The van der Waals surface area contributed by atoms with Crippen molar-refractivity contribution in [2.75, 3.05) is 69.3 Å². The molecule has 1 aliphatic carbocycles. The molecule has 3 fully saturated rings. The van der Waals surface area contributed by atoms with Crippen LogP contribution < -0.4 is 20.9 Å². The van der Waals surface area contributed by atoms with Crippen molar-refractivity contribution in [2.45, 2.75) is 116 Å². The van der Waals surface area contributed by atoms with Gasteiger partial charge in [-0.3, -0.25) is 4.79 Å². The number of hydrogen-bond acceptors (Lipinski definition) is 9. The van der Waals surface area contributed by atoms with E-state index < -0.39 is 6.10 Å². The van der Waals surface area contributed by atoms with E-state index in [0.717, 1.165) is 77.3 Å². The Labute approximate surface area is 260 Å². The van der Waals surface area contributed by atoms with Crippen LogP contribution in [0, 0.1) is 5.92 Å². The highest BCUT2D eigenvalue weighted by Gasteiger charge is 2.37. The Balaban J connectivity index is 1.51. The number of carbonyl (C=O) groups is 1. The van der Waals surface area contributed by atoms with Gasteiger partial charge < -0.3 is 35.2 Å². The second-order valence-electron chi connectivity index (χ2n) is 13.1. The summed E-state index contributed by atoms with van der Waals surface area (Å²) >= 11 is 0. The highest BCUT2D eigenvalue weighted by Crippen LogP contribution is 2.27. The first-order chi connectivity index (χ1) is 20.9. The van der Waals surface area contributed by atoms with Crippen molar-refractivity contribution < 1.29 is 14.3 Å². The molecule has 2 unspecified atom stereocenters. The highest BCUT2D eigenvalue weighted by atomic mass is 16.5. The molecular weight excluding hydrogens is 542 g/mol. The number of nitrogens with zero attached hydrogens (tertiary/aromatic N) is 4. The van der Waals surface area contributed by atoms with Crippen molar-refractivity contribution in [2.24, 2.45) is 5.92 Å². The van der Waals surface area contributed by atoms with Gasteiger partial charge in [-0.2, -0.15) is 4.98 Å². The number of morpholine rings is 1. The molecule has 1 saturated carbocycles. The summed E-state index contributed by atoms with van der Waals surface area (Å²) in [5.41, 5.74) is -0.270. The summed E-state index contributed by atoms with van der Waals surface area (Å²) in [4.78, 5) is 27.8. The van der Waals surface area contributed by atoms with E-state index in [-0.39, 0.29) is 17.5 Å². The van der Waals surface area contributed by atoms with Gasteiger partial charge in [-0.25, -0.2) is 4.98 Å². The van der Waals surface area contributed by atoms with E-state index in [9.17, 15) is 4.79 Å². The first-order valence-corrected chi connectivity index (χ1v) is 17.2. The predicted octanol–water partition coefficient (Wildman–Crippen LogP) is 4.22. The van der Waals surface area contributed by atoms with Crippen molar-refractivity contribution in [1.29, 1.82) is 0 Å². The Morgan fingerprint density at radius 1 is 1.09 bits per heavy atom. The molecule has 0 radical (unpaired) electrons. The number of anilines is 2. The van der Waals surface area contributed by atoms with Crippen LogP contribution in [-0.4, -0.2) is 104 Å². The fraction of sp³-hybridized carbons (Fsp3) is 0.848. The first kappa shape index (κ1) is 33.9. The van der Waals surface area contributed by atoms with Gasteiger partial charge in [0, 0.05) is 76.3 Å². The Morgan fingerprint density at radius 2 is 1.84 bits per heavy atom. The fourth-order valence-corrected chi connectivity index (χ4v) is 6.78. The second kappa shape index (κ2) is 17.5. The van der Waals surface area contributed by atoms with Crippen LogP contribution in [-0.2, 0) is 14.3 Å². The lowest BCUT2D eigenvalue weighted by atomic mass is 9.85. The Hall–Kier alpha value is -2.01. The van der Waals surface area contributed by atoms with Crippen LogP contribution in [0.15, 0.2) is 12.3 Å². The molecule has 244 valence electrons. The molecule has 43 heavy (non-hydrogen) atoms. The molecule has 3 N–H and O–H groups in total. The van der Waals surface area contributed by atoms with E-state index >= 15 is 0 Å². The molecule has 3 heterocycles. The van der Waals surface area contributed by atoms with Crippen LogP contribution in [0.4, 0.5) is 11.8 Å². The van der Waals surface area contributed by atoms with Crippen molar-refractivity contribution in [1.82, 2.24) is 25.5 Å². The van der Waals surface area contributed by atoms with Gasteiger partial charge in [-0.15, -0.1) is 0 Å². The van der Waals surface area contributed by atoms with Crippen molar-refractivity contribution in [3.05, 3.63) is 12.3 Å². The molecule has 1 amide bonds. The fourth-order valence-electron chi connectivity index (χ4n) is 6.78. The molecule has 0 bridgehead atoms. The van der Waals surface area contributed by atoms with Crippen molar-refractivity contribution in [3.63, 3.8) is 0 Å². The maximum atomic E-state index is 13.8. The van der Waals surface area contributed by atoms with Crippen molar-refractivity contribution in [3.8, 4) is 0 Å². The van der Waals surface area contributed by atoms with Gasteiger partial charge in [0.1, 0.15) is 11.9 Å². The minimum atomic E-state index is -0.410. The Morgan fingerprint density at radius 3 is 2.51 bits per heavy atom. The smallest absolute Gasteiger partial charge is 0.253 e. The van der Waals surface area contributed by atoms with Crippen LogP contribution in [0.5, 0.6) is 0 Å². The van der Waals surface area contributed by atoms with Gasteiger partial charge in [-0.1, -0.05) is 33.1 Å². The minimum absolute atomic E-state index is 0.0445. The zero-order valence-electron chi connectivity index (χ0n) is 27.4. The SMILES string of the molecule is CCCN(CCC)c1ccnc(NC(C)[C@@](C)(CCN(CC2CCOCC2)C(=O)C2CNCCO2)NC2CCCCC2)n1. The van der Waals surface area contributed by atoms with E-state index in [4.69, 9.17) is 14.5 Å². The maximum absolute atomic E-state index is 13.8. The zero-order valence-corrected chi connectivity index (χ0v) is 27.4. The van der Waals surface area contributed by atoms with Crippen LogP contribution in [0.3, 0.4) is 0 Å². The predicted molar refractivity (Wildman–Crippen MR) is 174 cm³/mol. The molecule has 3 atom stereocenters.